The molecule has 0 aromatic carbocycles. The molecule has 0 aromatic rings. The lowest BCUT2D eigenvalue weighted by molar-refractivity contribution is 0.379. The normalized spacial score (nSPS) is 53.4. The minimum Gasteiger partial charge on any atom is -0.306 e. The molecule has 9 heavy (non-hydrogen) atoms. The summed E-state index contributed by atoms with van der Waals surface area (Å²) in [5.41, 5.74) is 0. The Morgan fingerprint density at radius 1 is 1.33 bits per heavy atom. The van der Waals surface area contributed by atoms with Crippen molar-refractivity contribution in [3.8, 4) is 0 Å². The molecule has 0 aromatic heterocycles. The third kappa shape index (κ3) is 0.877. The summed E-state index contributed by atoms with van der Waals surface area (Å²) in [7, 11) is 2.19. The Labute approximate surface area is 58.4 Å². The Bertz CT molecular complexity index is 109. The van der Waals surface area contributed by atoms with Crippen LogP contribution < -0.4 is 0 Å². The van der Waals surface area contributed by atoms with Crippen LogP contribution >= 0.6 is 0 Å². The van der Waals surface area contributed by atoms with Crippen molar-refractivity contribution in [2.75, 3.05) is 20.1 Å². The molecular formula is C8H15N. The van der Waals surface area contributed by atoms with Crippen LogP contribution in [0.4, 0.5) is 0 Å². The molecule has 52 valence electrons. The highest BCUT2D eigenvalue weighted by molar-refractivity contribution is 4.86. The largest absolute Gasteiger partial charge is 0.306 e. The Kier molecular flexibility index (Phi) is 1.04. The average molecular weight is 127 g/mol. The van der Waals surface area contributed by atoms with Crippen LogP contribution in [-0.2, 0) is 0 Å². The molecule has 0 bridgehead atoms. The van der Waals surface area contributed by atoms with Crippen LogP contribution in [0.3, 0.4) is 0 Å². The Balaban J connectivity index is 2.00. The summed E-state index contributed by atoms with van der Waals surface area (Å²) >= 11 is 0. The lowest BCUT2D eigenvalue weighted by Crippen LogP contribution is -2.14. The van der Waals surface area contributed by atoms with Crippen LogP contribution in [0.1, 0.15) is 20.6 Å². The molecule has 2 unspecified atom stereocenters. The van der Waals surface area contributed by atoms with E-state index in [2.05, 4.69) is 11.9 Å². The second-order valence-corrected chi connectivity index (χ2v) is 3.50. The predicted octanol–water partition coefficient (Wildman–Crippen LogP) is 1.35. The smallest absolute Gasteiger partial charge is 0.0267 e. The first kappa shape index (κ1) is 4.73. The molecule has 1 heterocycles. The van der Waals surface area contributed by atoms with E-state index in [4.69, 9.17) is 1.37 Å². The average Bonchev–Trinajstić information content (AvgIpc) is 2.21. The van der Waals surface area contributed by atoms with Crippen LogP contribution in [0.2, 0.25) is 0 Å². The van der Waals surface area contributed by atoms with Gasteiger partial charge in [-0.2, -0.15) is 0 Å². The number of hydrogen-bond donors (Lipinski definition) is 0. The molecule has 0 radical (unpaired) electrons. The molecule has 2 aliphatic rings. The molecule has 0 N–H and O–H groups in total. The van der Waals surface area contributed by atoms with Gasteiger partial charge in [0.25, 0.3) is 0 Å². The second kappa shape index (κ2) is 1.98. The molecule has 1 heteroatoms. The number of fused-ring (bicyclic) bond motifs is 1. The number of rotatable bonds is 0. The molecule has 1 saturated heterocycles. The fraction of sp³-hybridized carbons (Fsp3) is 1.00. The van der Waals surface area contributed by atoms with E-state index in [1.807, 2.05) is 0 Å². The first-order valence-corrected chi connectivity index (χ1v) is 3.86. The van der Waals surface area contributed by atoms with Crippen LogP contribution in [0.15, 0.2) is 0 Å². The third-order valence-corrected chi connectivity index (χ3v) is 2.70. The van der Waals surface area contributed by atoms with Gasteiger partial charge in [-0.3, -0.25) is 0 Å². The highest BCUT2D eigenvalue weighted by Gasteiger charge is 2.33. The topological polar surface area (TPSA) is 3.24 Å². The van der Waals surface area contributed by atoms with Crippen molar-refractivity contribution in [2.45, 2.75) is 19.2 Å². The number of hydrogen-bond acceptors (Lipinski definition) is 1. The van der Waals surface area contributed by atoms with Gasteiger partial charge < -0.3 is 4.90 Å². The zero-order valence-electron chi connectivity index (χ0n) is 7.01. The highest BCUT2D eigenvalue weighted by atomic mass is 15.1. The summed E-state index contributed by atoms with van der Waals surface area (Å²) in [4.78, 5) is 2.40. The summed E-state index contributed by atoms with van der Waals surface area (Å²) in [5.74, 6) is 1.74. The van der Waals surface area contributed by atoms with Gasteiger partial charge in [0.15, 0.2) is 0 Å². The zero-order chi connectivity index (χ0) is 7.14. The fourth-order valence-corrected chi connectivity index (χ4v) is 2.23. The minimum absolute atomic E-state index is 0.267. The van der Waals surface area contributed by atoms with Crippen molar-refractivity contribution in [1.82, 2.24) is 4.90 Å². The SMILES string of the molecule is [3H]C1CC2CN(C)CC2C1. The lowest BCUT2D eigenvalue weighted by atomic mass is 10.0. The fourth-order valence-electron chi connectivity index (χ4n) is 2.23. The Hall–Kier alpha value is -0.0400. The summed E-state index contributed by atoms with van der Waals surface area (Å²) in [5, 5.41) is 0. The van der Waals surface area contributed by atoms with Gasteiger partial charge in [0.05, 0.1) is 0 Å². The molecular weight excluding hydrogens is 110 g/mol. The van der Waals surface area contributed by atoms with Crippen LogP contribution in [0.25, 0.3) is 0 Å². The molecule has 0 spiro atoms. The van der Waals surface area contributed by atoms with E-state index >= 15 is 0 Å². The van der Waals surface area contributed by atoms with E-state index in [-0.39, 0.29) is 6.40 Å². The number of likely N-dealkylation sites (tertiary alicyclic amines) is 1. The van der Waals surface area contributed by atoms with Crippen LogP contribution in [0.5, 0.6) is 0 Å². The zero-order valence-corrected chi connectivity index (χ0v) is 6.01. The molecule has 1 nitrogen and oxygen atoms in total. The standard InChI is InChI=1S/C8H15N/c1-9-5-7-3-2-4-8(7)6-9/h7-8H,2-6H2,1H3/i2T. The van der Waals surface area contributed by atoms with Crippen molar-refractivity contribution in [3.63, 3.8) is 0 Å². The van der Waals surface area contributed by atoms with Gasteiger partial charge in [0.2, 0.25) is 0 Å². The van der Waals surface area contributed by atoms with Gasteiger partial charge in [0, 0.05) is 14.5 Å². The second-order valence-electron chi connectivity index (χ2n) is 3.50. The first-order chi connectivity index (χ1) is 4.75. The van der Waals surface area contributed by atoms with Crippen LogP contribution in [0, 0.1) is 11.8 Å². The molecule has 2 atom stereocenters. The lowest BCUT2D eigenvalue weighted by Gasteiger charge is -2.06. The summed E-state index contributed by atoms with van der Waals surface area (Å²) in [6.07, 6.45) is 2.59. The van der Waals surface area contributed by atoms with Crippen molar-refractivity contribution in [1.29, 1.82) is 0 Å². The van der Waals surface area contributed by atoms with Gasteiger partial charge in [-0.15, -0.1) is 0 Å². The van der Waals surface area contributed by atoms with E-state index in [0.29, 0.717) is 0 Å². The molecule has 1 aliphatic heterocycles. The van der Waals surface area contributed by atoms with Crippen molar-refractivity contribution < 1.29 is 1.37 Å². The summed E-state index contributed by atoms with van der Waals surface area (Å²) < 4.78 is 7.58. The monoisotopic (exact) mass is 127 g/mol. The Morgan fingerprint density at radius 2 is 1.89 bits per heavy atom. The maximum atomic E-state index is 7.58. The maximum absolute atomic E-state index is 7.58. The summed E-state index contributed by atoms with van der Waals surface area (Å²) in [6, 6.07) is 0. The molecule has 2 rings (SSSR count). The molecule has 0 amide bonds. The molecule has 2 fully saturated rings. The predicted molar refractivity (Wildman–Crippen MR) is 38.3 cm³/mol. The van der Waals surface area contributed by atoms with Gasteiger partial charge in [-0.05, 0) is 31.7 Å². The van der Waals surface area contributed by atoms with Gasteiger partial charge in [0.1, 0.15) is 0 Å². The summed E-state index contributed by atoms with van der Waals surface area (Å²) in [6.45, 7) is 2.50. The number of nitrogens with zero attached hydrogens (tertiary/aromatic N) is 1. The molecule has 1 saturated carbocycles. The van der Waals surface area contributed by atoms with Crippen LogP contribution in [-0.4, -0.2) is 25.0 Å². The van der Waals surface area contributed by atoms with Crippen molar-refractivity contribution in [3.05, 3.63) is 0 Å². The van der Waals surface area contributed by atoms with E-state index in [0.717, 1.165) is 24.7 Å². The molecule has 1 aliphatic carbocycles. The van der Waals surface area contributed by atoms with Gasteiger partial charge in [-0.1, -0.05) is 6.40 Å². The highest BCUT2D eigenvalue weighted by Crippen LogP contribution is 2.36. The van der Waals surface area contributed by atoms with Crippen molar-refractivity contribution >= 4 is 0 Å². The Morgan fingerprint density at radius 3 is 2.44 bits per heavy atom. The van der Waals surface area contributed by atoms with E-state index in [1.54, 1.807) is 0 Å². The van der Waals surface area contributed by atoms with E-state index < -0.39 is 0 Å². The van der Waals surface area contributed by atoms with Gasteiger partial charge >= 0.3 is 0 Å². The van der Waals surface area contributed by atoms with Crippen molar-refractivity contribution in [2.24, 2.45) is 11.8 Å². The minimum atomic E-state index is 0.267. The maximum Gasteiger partial charge on any atom is 0.0267 e. The first-order valence-electron chi connectivity index (χ1n) is 4.44. The van der Waals surface area contributed by atoms with Gasteiger partial charge in [-0.25, -0.2) is 0 Å². The quantitative estimate of drug-likeness (QED) is 0.475. The third-order valence-electron chi connectivity index (χ3n) is 2.70. The van der Waals surface area contributed by atoms with E-state index in [1.165, 1.54) is 13.1 Å². The van der Waals surface area contributed by atoms with E-state index in [9.17, 15) is 0 Å².